The molecule has 210 valence electrons. The van der Waals surface area contributed by atoms with Gasteiger partial charge in [0.05, 0.1) is 26.4 Å². The highest BCUT2D eigenvalue weighted by Crippen LogP contribution is 2.34. The van der Waals surface area contributed by atoms with E-state index in [0.29, 0.717) is 31.8 Å². The first-order valence-corrected chi connectivity index (χ1v) is 13.1. The van der Waals surface area contributed by atoms with E-state index in [1.165, 1.54) is 0 Å². The number of esters is 2. The van der Waals surface area contributed by atoms with Gasteiger partial charge in [0.1, 0.15) is 24.7 Å². The minimum Gasteiger partial charge on any atom is -0.508 e. The minimum absolute atomic E-state index is 0.166. The number of aryl methyl sites for hydroxylation is 4. The molecule has 0 aliphatic heterocycles. The number of rotatable bonds is 15. The lowest BCUT2D eigenvalue weighted by Crippen LogP contribution is -2.15. The van der Waals surface area contributed by atoms with Gasteiger partial charge in [-0.15, -0.1) is 0 Å². The molecule has 0 aliphatic rings. The average Bonchev–Trinajstić information content (AvgIpc) is 2.85. The van der Waals surface area contributed by atoms with E-state index < -0.39 is 0 Å². The number of carbonyl (C=O) groups is 2. The molecule has 0 atom stereocenters. The molecule has 2 aromatic rings. The van der Waals surface area contributed by atoms with Crippen molar-refractivity contribution in [1.29, 1.82) is 0 Å². The van der Waals surface area contributed by atoms with E-state index in [2.05, 4.69) is 0 Å². The summed E-state index contributed by atoms with van der Waals surface area (Å²) in [7, 11) is 0. The summed E-state index contributed by atoms with van der Waals surface area (Å²) in [4.78, 5) is 23.9. The van der Waals surface area contributed by atoms with E-state index in [0.717, 1.165) is 27.8 Å². The van der Waals surface area contributed by atoms with Gasteiger partial charge >= 0.3 is 11.9 Å². The van der Waals surface area contributed by atoms with Crippen LogP contribution in [0, 0.1) is 13.8 Å². The molecule has 0 spiro atoms. The van der Waals surface area contributed by atoms with E-state index in [4.69, 9.17) is 18.9 Å². The molecule has 2 aromatic carbocycles. The van der Waals surface area contributed by atoms with E-state index in [9.17, 15) is 19.8 Å². The van der Waals surface area contributed by atoms with Crippen LogP contribution < -0.4 is 0 Å². The van der Waals surface area contributed by atoms with Gasteiger partial charge in [0.25, 0.3) is 0 Å². The number of hydrogen-bond donors (Lipinski definition) is 2. The van der Waals surface area contributed by atoms with Crippen molar-refractivity contribution in [1.82, 2.24) is 0 Å². The molecule has 0 heterocycles. The lowest BCUT2D eigenvalue weighted by atomic mass is 9.83. The highest BCUT2D eigenvalue weighted by molar-refractivity contribution is 5.70. The summed E-state index contributed by atoms with van der Waals surface area (Å²) in [6, 6.07) is 9.13. The van der Waals surface area contributed by atoms with Crippen molar-refractivity contribution in [2.75, 3.05) is 39.6 Å². The molecule has 0 saturated heterocycles. The molecule has 2 N–H and O–H groups in total. The Morgan fingerprint density at radius 3 is 1.74 bits per heavy atom. The van der Waals surface area contributed by atoms with Crippen molar-refractivity contribution in [3.8, 4) is 11.5 Å². The molecule has 0 radical (unpaired) electrons. The Labute approximate surface area is 225 Å². The van der Waals surface area contributed by atoms with Gasteiger partial charge in [0.2, 0.25) is 0 Å². The predicted octanol–water partition coefficient (Wildman–Crippen LogP) is 4.70. The topological polar surface area (TPSA) is 112 Å². The summed E-state index contributed by atoms with van der Waals surface area (Å²) in [5.74, 6) is -0.0453. The second kappa shape index (κ2) is 15.3. The molecule has 0 aromatic heterocycles. The summed E-state index contributed by atoms with van der Waals surface area (Å²) in [5.41, 5.74) is 4.23. The fourth-order valence-electron chi connectivity index (χ4n) is 3.83. The van der Waals surface area contributed by atoms with Crippen LogP contribution in [0.4, 0.5) is 0 Å². The van der Waals surface area contributed by atoms with Gasteiger partial charge in [0, 0.05) is 12.8 Å². The van der Waals surface area contributed by atoms with Gasteiger partial charge < -0.3 is 29.2 Å². The number of phenols is 2. The SMILES string of the molecule is Cc1cc(CCC(=O)OCCOCCOCCOC(=O)CCc2cc(C)c(O)c(C(C)(C)C)c2)ccc1O. The first-order chi connectivity index (χ1) is 18.0. The summed E-state index contributed by atoms with van der Waals surface area (Å²) in [6.07, 6.45) is 1.61. The Balaban J connectivity index is 1.48. The molecule has 0 amide bonds. The fourth-order valence-corrected chi connectivity index (χ4v) is 3.83. The largest absolute Gasteiger partial charge is 0.508 e. The molecule has 38 heavy (non-hydrogen) atoms. The van der Waals surface area contributed by atoms with Gasteiger partial charge in [-0.05, 0) is 66.0 Å². The Morgan fingerprint density at radius 1 is 0.711 bits per heavy atom. The summed E-state index contributed by atoms with van der Waals surface area (Å²) in [6.45, 7) is 11.4. The highest BCUT2D eigenvalue weighted by atomic mass is 16.6. The maximum absolute atomic E-state index is 12.1. The molecule has 0 aliphatic carbocycles. The van der Waals surface area contributed by atoms with E-state index in [1.807, 2.05) is 52.8 Å². The van der Waals surface area contributed by atoms with Crippen LogP contribution in [0.25, 0.3) is 0 Å². The molecule has 0 fully saturated rings. The van der Waals surface area contributed by atoms with Gasteiger partial charge in [-0.1, -0.05) is 45.0 Å². The van der Waals surface area contributed by atoms with Gasteiger partial charge in [0.15, 0.2) is 0 Å². The third-order valence-electron chi connectivity index (χ3n) is 6.02. The van der Waals surface area contributed by atoms with Crippen LogP contribution in [-0.2, 0) is 46.8 Å². The second-order valence-electron chi connectivity index (χ2n) is 10.3. The monoisotopic (exact) mass is 530 g/mol. The molecular formula is C30H42O8. The zero-order valence-corrected chi connectivity index (χ0v) is 23.3. The number of carbonyl (C=O) groups excluding carboxylic acids is 2. The van der Waals surface area contributed by atoms with Crippen molar-refractivity contribution in [3.63, 3.8) is 0 Å². The minimum atomic E-state index is -0.299. The summed E-state index contributed by atoms with van der Waals surface area (Å²) < 4.78 is 21.2. The molecule has 0 unspecified atom stereocenters. The van der Waals surface area contributed by atoms with E-state index in [1.54, 1.807) is 12.1 Å². The maximum atomic E-state index is 12.1. The van der Waals surface area contributed by atoms with Gasteiger partial charge in [-0.25, -0.2) is 0 Å². The smallest absolute Gasteiger partial charge is 0.306 e. The summed E-state index contributed by atoms with van der Waals surface area (Å²) in [5, 5.41) is 19.9. The van der Waals surface area contributed by atoms with E-state index in [-0.39, 0.29) is 62.4 Å². The van der Waals surface area contributed by atoms with Crippen LogP contribution in [0.1, 0.15) is 61.4 Å². The normalized spacial score (nSPS) is 11.4. The number of ether oxygens (including phenoxy) is 4. The zero-order chi connectivity index (χ0) is 28.1. The fraction of sp³-hybridized carbons (Fsp3) is 0.533. The molecule has 8 nitrogen and oxygen atoms in total. The van der Waals surface area contributed by atoms with Crippen molar-refractivity contribution >= 4 is 11.9 Å². The van der Waals surface area contributed by atoms with Crippen LogP contribution >= 0.6 is 0 Å². The number of hydrogen-bond acceptors (Lipinski definition) is 8. The Hall–Kier alpha value is -3.10. The molecule has 0 saturated carbocycles. The third kappa shape index (κ3) is 11.1. The van der Waals surface area contributed by atoms with Crippen molar-refractivity contribution in [3.05, 3.63) is 58.1 Å². The summed E-state index contributed by atoms with van der Waals surface area (Å²) >= 11 is 0. The van der Waals surface area contributed by atoms with Gasteiger partial charge in [-0.3, -0.25) is 9.59 Å². The van der Waals surface area contributed by atoms with Crippen molar-refractivity contribution in [2.24, 2.45) is 0 Å². The van der Waals surface area contributed by atoms with E-state index >= 15 is 0 Å². The quantitative estimate of drug-likeness (QED) is 0.252. The van der Waals surface area contributed by atoms with Crippen LogP contribution in [0.2, 0.25) is 0 Å². The molecule has 8 heteroatoms. The Kier molecular flexibility index (Phi) is 12.6. The van der Waals surface area contributed by atoms with Crippen molar-refractivity contribution in [2.45, 2.75) is 65.7 Å². The Bertz CT molecular complexity index is 1050. The van der Waals surface area contributed by atoms with Gasteiger partial charge in [-0.2, -0.15) is 0 Å². The second-order valence-corrected chi connectivity index (χ2v) is 10.3. The standard InChI is InChI=1S/C30H42O8/c1-21-18-23(6-9-26(21)31)7-10-27(32)37-16-14-35-12-13-36-15-17-38-28(33)11-8-24-19-22(2)29(34)25(20-24)30(3,4)5/h6,9,18-20,31,34H,7-8,10-17H2,1-5H3. The molecule has 2 rings (SSSR count). The molecule has 0 bridgehead atoms. The van der Waals surface area contributed by atoms with Crippen molar-refractivity contribution < 1.29 is 38.7 Å². The lowest BCUT2D eigenvalue weighted by molar-refractivity contribution is -0.146. The average molecular weight is 531 g/mol. The molecular weight excluding hydrogens is 488 g/mol. The maximum Gasteiger partial charge on any atom is 0.306 e. The Morgan fingerprint density at radius 2 is 1.21 bits per heavy atom. The number of aromatic hydroxyl groups is 2. The van der Waals surface area contributed by atoms with Crippen LogP contribution in [0.15, 0.2) is 30.3 Å². The van der Waals surface area contributed by atoms with Crippen LogP contribution in [0.3, 0.4) is 0 Å². The zero-order valence-electron chi connectivity index (χ0n) is 23.3. The van der Waals surface area contributed by atoms with Crippen LogP contribution in [0.5, 0.6) is 11.5 Å². The number of benzene rings is 2. The first-order valence-electron chi connectivity index (χ1n) is 13.1. The third-order valence-corrected chi connectivity index (χ3v) is 6.02. The highest BCUT2D eigenvalue weighted by Gasteiger charge is 2.20. The number of phenolic OH excluding ortho intramolecular Hbond substituents is 2. The lowest BCUT2D eigenvalue weighted by Gasteiger charge is -2.22. The van der Waals surface area contributed by atoms with Crippen LogP contribution in [-0.4, -0.2) is 61.8 Å². The first kappa shape index (κ1) is 31.1. The predicted molar refractivity (Wildman–Crippen MR) is 145 cm³/mol.